The van der Waals surface area contributed by atoms with Gasteiger partial charge >= 0.3 is 0 Å². The lowest BCUT2D eigenvalue weighted by molar-refractivity contribution is -0.121. The van der Waals surface area contributed by atoms with Crippen LogP contribution in [-0.2, 0) is 4.79 Å². The summed E-state index contributed by atoms with van der Waals surface area (Å²) in [7, 11) is 0. The number of hydrogen-bond donors (Lipinski definition) is 1. The topological polar surface area (TPSA) is 49.6 Å². The molecule has 2 rings (SSSR count). The molecule has 2 N–H and O–H groups in total. The number of para-hydroxylation sites is 1. The highest BCUT2D eigenvalue weighted by atomic mass is 16.2. The second-order valence-electron chi connectivity index (χ2n) is 6.05. The molecule has 4 heteroatoms. The molecule has 4 nitrogen and oxygen atoms in total. The van der Waals surface area contributed by atoms with Gasteiger partial charge in [-0.25, -0.2) is 0 Å². The molecule has 1 atom stereocenters. The molecule has 1 fully saturated rings. The molecule has 1 aromatic rings. The Bertz CT molecular complexity index is 447. The highest BCUT2D eigenvalue weighted by molar-refractivity contribution is 5.95. The van der Waals surface area contributed by atoms with Crippen LogP contribution in [-0.4, -0.2) is 42.5 Å². The Labute approximate surface area is 127 Å². The van der Waals surface area contributed by atoms with Crippen molar-refractivity contribution in [3.05, 3.63) is 30.3 Å². The monoisotopic (exact) mass is 289 g/mol. The summed E-state index contributed by atoms with van der Waals surface area (Å²) in [5.74, 6) is 0.163. The van der Waals surface area contributed by atoms with Crippen molar-refractivity contribution in [2.24, 2.45) is 5.73 Å². The van der Waals surface area contributed by atoms with Gasteiger partial charge in [0, 0.05) is 24.3 Å². The fourth-order valence-corrected chi connectivity index (χ4v) is 3.10. The van der Waals surface area contributed by atoms with Crippen LogP contribution in [0.5, 0.6) is 0 Å². The molecule has 0 spiro atoms. The number of benzene rings is 1. The van der Waals surface area contributed by atoms with Crippen LogP contribution in [0, 0.1) is 0 Å². The van der Waals surface area contributed by atoms with E-state index in [0.29, 0.717) is 19.1 Å². The van der Waals surface area contributed by atoms with E-state index >= 15 is 0 Å². The first-order chi connectivity index (χ1) is 10.1. The maximum Gasteiger partial charge on any atom is 0.241 e. The number of nitrogens with two attached hydrogens (primary N) is 1. The first-order valence-electron chi connectivity index (χ1n) is 7.94. The summed E-state index contributed by atoms with van der Waals surface area (Å²) in [5.41, 5.74) is 6.82. The standard InChI is InChI=1S/C17H27N3O/c1-14(2)20(15-8-4-3-5-9-15)17(21)13-19-11-7-6-10-16(19)12-18/h3-5,8-9,14,16H,6-7,10-13,18H2,1-2H3. The Morgan fingerprint density at radius 3 is 2.67 bits per heavy atom. The predicted molar refractivity (Wildman–Crippen MR) is 87.3 cm³/mol. The molecular formula is C17H27N3O. The minimum atomic E-state index is 0.154. The highest BCUT2D eigenvalue weighted by Gasteiger charge is 2.26. The zero-order valence-electron chi connectivity index (χ0n) is 13.2. The third-order valence-electron chi connectivity index (χ3n) is 4.18. The Morgan fingerprint density at radius 1 is 1.33 bits per heavy atom. The summed E-state index contributed by atoms with van der Waals surface area (Å²) in [6.07, 6.45) is 3.49. The van der Waals surface area contributed by atoms with Crippen LogP contribution in [0.3, 0.4) is 0 Å². The first-order valence-corrected chi connectivity index (χ1v) is 7.94. The summed E-state index contributed by atoms with van der Waals surface area (Å²) in [5, 5.41) is 0. The van der Waals surface area contributed by atoms with Crippen molar-refractivity contribution in [1.82, 2.24) is 4.90 Å². The Hall–Kier alpha value is -1.39. The number of carbonyl (C=O) groups excluding carboxylic acids is 1. The van der Waals surface area contributed by atoms with Gasteiger partial charge in [0.2, 0.25) is 5.91 Å². The molecule has 21 heavy (non-hydrogen) atoms. The van der Waals surface area contributed by atoms with Gasteiger partial charge in [-0.1, -0.05) is 24.6 Å². The molecule has 1 aliphatic rings. The van der Waals surface area contributed by atoms with Crippen molar-refractivity contribution in [3.8, 4) is 0 Å². The SMILES string of the molecule is CC(C)N(C(=O)CN1CCCCC1CN)c1ccccc1. The second kappa shape index (κ2) is 7.57. The van der Waals surface area contributed by atoms with Gasteiger partial charge in [0.05, 0.1) is 6.54 Å². The lowest BCUT2D eigenvalue weighted by Gasteiger charge is -2.36. The molecule has 0 bridgehead atoms. The second-order valence-corrected chi connectivity index (χ2v) is 6.05. The number of likely N-dealkylation sites (tertiary alicyclic amines) is 1. The van der Waals surface area contributed by atoms with Crippen molar-refractivity contribution in [2.75, 3.05) is 24.5 Å². The lowest BCUT2D eigenvalue weighted by Crippen LogP contribution is -2.50. The van der Waals surface area contributed by atoms with Gasteiger partial charge in [-0.3, -0.25) is 9.69 Å². The molecule has 1 saturated heterocycles. The highest BCUT2D eigenvalue weighted by Crippen LogP contribution is 2.20. The van der Waals surface area contributed by atoms with Gasteiger partial charge in [-0.05, 0) is 45.4 Å². The molecule has 0 aliphatic carbocycles. The van der Waals surface area contributed by atoms with Crippen molar-refractivity contribution in [2.45, 2.75) is 45.2 Å². The van der Waals surface area contributed by atoms with Crippen molar-refractivity contribution >= 4 is 11.6 Å². The van der Waals surface area contributed by atoms with E-state index in [1.54, 1.807) is 0 Å². The van der Waals surface area contributed by atoms with Crippen molar-refractivity contribution < 1.29 is 4.79 Å². The van der Waals surface area contributed by atoms with Gasteiger partial charge in [-0.2, -0.15) is 0 Å². The van der Waals surface area contributed by atoms with E-state index in [9.17, 15) is 4.79 Å². The number of anilines is 1. The Kier molecular flexibility index (Phi) is 5.76. The van der Waals surface area contributed by atoms with Gasteiger partial charge < -0.3 is 10.6 Å². The van der Waals surface area contributed by atoms with Gasteiger partial charge in [0.1, 0.15) is 0 Å². The largest absolute Gasteiger partial charge is 0.329 e. The maximum atomic E-state index is 12.8. The number of nitrogens with zero attached hydrogens (tertiary/aromatic N) is 2. The smallest absolute Gasteiger partial charge is 0.241 e. The number of rotatable bonds is 5. The van der Waals surface area contributed by atoms with Crippen LogP contribution in [0.15, 0.2) is 30.3 Å². The average Bonchev–Trinajstić information content (AvgIpc) is 2.48. The van der Waals surface area contributed by atoms with Crippen LogP contribution in [0.25, 0.3) is 0 Å². The molecule has 1 unspecified atom stereocenters. The van der Waals surface area contributed by atoms with E-state index < -0.39 is 0 Å². The van der Waals surface area contributed by atoms with E-state index in [4.69, 9.17) is 5.73 Å². The predicted octanol–water partition coefficient (Wildman–Crippen LogP) is 2.24. The van der Waals surface area contributed by atoms with Gasteiger partial charge in [-0.15, -0.1) is 0 Å². The third kappa shape index (κ3) is 4.05. The van der Waals surface area contributed by atoms with E-state index in [1.165, 1.54) is 6.42 Å². The van der Waals surface area contributed by atoms with E-state index in [0.717, 1.165) is 25.1 Å². The zero-order valence-corrected chi connectivity index (χ0v) is 13.2. The number of piperidine rings is 1. The summed E-state index contributed by atoms with van der Waals surface area (Å²) in [6.45, 7) is 6.20. The molecule has 116 valence electrons. The Morgan fingerprint density at radius 2 is 2.05 bits per heavy atom. The fraction of sp³-hybridized carbons (Fsp3) is 0.588. The molecule has 1 heterocycles. The molecule has 0 aromatic heterocycles. The summed E-state index contributed by atoms with van der Waals surface area (Å²) in [6, 6.07) is 10.4. The molecule has 0 radical (unpaired) electrons. The molecule has 1 amide bonds. The van der Waals surface area contributed by atoms with E-state index in [-0.39, 0.29) is 11.9 Å². The van der Waals surface area contributed by atoms with Gasteiger partial charge in [0.25, 0.3) is 0 Å². The third-order valence-corrected chi connectivity index (χ3v) is 4.18. The van der Waals surface area contributed by atoms with Crippen molar-refractivity contribution in [3.63, 3.8) is 0 Å². The minimum Gasteiger partial charge on any atom is -0.329 e. The van der Waals surface area contributed by atoms with Crippen molar-refractivity contribution in [1.29, 1.82) is 0 Å². The van der Waals surface area contributed by atoms with Crippen LogP contribution in [0.4, 0.5) is 5.69 Å². The zero-order chi connectivity index (χ0) is 15.2. The van der Waals surface area contributed by atoms with Crippen LogP contribution in [0.1, 0.15) is 33.1 Å². The quantitative estimate of drug-likeness (QED) is 0.904. The number of hydrogen-bond acceptors (Lipinski definition) is 3. The summed E-state index contributed by atoms with van der Waals surface area (Å²) < 4.78 is 0. The minimum absolute atomic E-state index is 0.154. The first kappa shape index (κ1) is 16.0. The van der Waals surface area contributed by atoms with E-state index in [2.05, 4.69) is 18.7 Å². The molecule has 1 aliphatic heterocycles. The normalized spacial score (nSPS) is 19.7. The summed E-state index contributed by atoms with van der Waals surface area (Å²) >= 11 is 0. The maximum absolute atomic E-state index is 12.8. The molecular weight excluding hydrogens is 262 g/mol. The van der Waals surface area contributed by atoms with E-state index in [1.807, 2.05) is 35.2 Å². The molecule has 1 aromatic carbocycles. The van der Waals surface area contributed by atoms with Crippen LogP contribution < -0.4 is 10.6 Å². The number of carbonyl (C=O) groups is 1. The van der Waals surface area contributed by atoms with Crippen LogP contribution >= 0.6 is 0 Å². The fourth-order valence-electron chi connectivity index (χ4n) is 3.10. The van der Waals surface area contributed by atoms with Gasteiger partial charge in [0.15, 0.2) is 0 Å². The molecule has 0 saturated carbocycles. The number of amides is 1. The lowest BCUT2D eigenvalue weighted by atomic mass is 10.0. The Balaban J connectivity index is 2.08. The average molecular weight is 289 g/mol. The summed E-state index contributed by atoms with van der Waals surface area (Å²) in [4.78, 5) is 16.9. The van der Waals surface area contributed by atoms with Crippen LogP contribution in [0.2, 0.25) is 0 Å².